The van der Waals surface area contributed by atoms with Gasteiger partial charge < -0.3 is 14.2 Å². The molecule has 0 saturated carbocycles. The highest BCUT2D eigenvalue weighted by atomic mass is 35.5. The second-order valence-corrected chi connectivity index (χ2v) is 7.85. The fourth-order valence-corrected chi connectivity index (χ4v) is 4.12. The maximum atomic E-state index is 6.30. The van der Waals surface area contributed by atoms with Gasteiger partial charge in [-0.2, -0.15) is 5.10 Å². The maximum absolute atomic E-state index is 6.30. The van der Waals surface area contributed by atoms with Crippen molar-refractivity contribution in [2.75, 3.05) is 27.9 Å². The molecule has 0 aliphatic rings. The molecule has 1 heterocycles. The molecule has 2 aromatic carbocycles. The van der Waals surface area contributed by atoms with Gasteiger partial charge in [0.2, 0.25) is 10.6 Å². The minimum atomic E-state index is 0.465. The van der Waals surface area contributed by atoms with Crippen molar-refractivity contribution in [3.8, 4) is 28.5 Å². The Hall–Kier alpha value is -2.74. The van der Waals surface area contributed by atoms with Crippen LogP contribution in [-0.4, -0.2) is 38.8 Å². The van der Waals surface area contributed by atoms with Crippen LogP contribution in [0.25, 0.3) is 11.3 Å². The Labute approximate surface area is 194 Å². The Bertz CT molecular complexity index is 1160. The van der Waals surface area contributed by atoms with Crippen LogP contribution in [0.3, 0.4) is 0 Å². The Balaban J connectivity index is 2.17. The van der Waals surface area contributed by atoms with Crippen LogP contribution in [0.4, 0.5) is 0 Å². The van der Waals surface area contributed by atoms with Crippen molar-refractivity contribution in [3.05, 3.63) is 68.8 Å². The monoisotopic (exact) mass is 477 g/mol. The Morgan fingerprint density at radius 3 is 2.35 bits per heavy atom. The summed E-state index contributed by atoms with van der Waals surface area (Å²) >= 11 is 13.7. The first-order valence-corrected chi connectivity index (χ1v) is 10.8. The van der Waals surface area contributed by atoms with E-state index in [9.17, 15) is 0 Å². The molecule has 31 heavy (non-hydrogen) atoms. The fraction of sp³-hybridized carbons (Fsp3) is 0.182. The average Bonchev–Trinajstić information content (AvgIpc) is 3.18. The van der Waals surface area contributed by atoms with Gasteiger partial charge in [0.15, 0.2) is 11.5 Å². The number of ether oxygens (including phenoxy) is 3. The number of nitrogens with zero attached hydrogens (tertiary/aromatic N) is 3. The van der Waals surface area contributed by atoms with Crippen LogP contribution in [0, 0.1) is 0 Å². The highest BCUT2D eigenvalue weighted by Gasteiger charge is 2.17. The quantitative estimate of drug-likeness (QED) is 0.317. The number of methoxy groups -OCH3 is 3. The van der Waals surface area contributed by atoms with E-state index in [1.54, 1.807) is 56.5 Å². The molecule has 0 unspecified atom stereocenters. The molecule has 0 fully saturated rings. The SMILES string of the molecule is C=CCN=c1scc(-c2cc(OC)c(OC)c(OC)c2)n1N=Cc1ccc(Cl)cc1Cl. The zero-order valence-corrected chi connectivity index (χ0v) is 19.6. The number of halogens is 2. The van der Waals surface area contributed by atoms with E-state index in [1.165, 1.54) is 11.3 Å². The number of benzene rings is 2. The summed E-state index contributed by atoms with van der Waals surface area (Å²) < 4.78 is 18.1. The van der Waals surface area contributed by atoms with Gasteiger partial charge in [0, 0.05) is 21.5 Å². The predicted molar refractivity (Wildman–Crippen MR) is 127 cm³/mol. The molecule has 0 radical (unpaired) electrons. The molecule has 0 amide bonds. The van der Waals surface area contributed by atoms with Gasteiger partial charge in [-0.25, -0.2) is 4.68 Å². The number of rotatable bonds is 8. The predicted octanol–water partition coefficient (Wildman–Crippen LogP) is 5.52. The van der Waals surface area contributed by atoms with Crippen LogP contribution < -0.4 is 19.0 Å². The lowest BCUT2D eigenvalue weighted by atomic mass is 10.1. The van der Waals surface area contributed by atoms with Gasteiger partial charge in [0.05, 0.1) is 44.8 Å². The Morgan fingerprint density at radius 1 is 1.06 bits per heavy atom. The molecule has 0 spiro atoms. The van der Waals surface area contributed by atoms with E-state index in [1.807, 2.05) is 17.5 Å². The molecule has 0 N–H and O–H groups in total. The highest BCUT2D eigenvalue weighted by Crippen LogP contribution is 2.41. The molecule has 162 valence electrons. The normalized spacial score (nSPS) is 11.7. The van der Waals surface area contributed by atoms with Gasteiger partial charge in [-0.3, -0.25) is 4.99 Å². The molecule has 0 atom stereocenters. The van der Waals surface area contributed by atoms with Crippen LogP contribution >= 0.6 is 34.5 Å². The van der Waals surface area contributed by atoms with Crippen molar-refractivity contribution in [1.29, 1.82) is 0 Å². The van der Waals surface area contributed by atoms with Crippen LogP contribution in [0.15, 0.2) is 58.5 Å². The van der Waals surface area contributed by atoms with Crippen molar-refractivity contribution in [1.82, 2.24) is 4.68 Å². The van der Waals surface area contributed by atoms with Crippen LogP contribution in [0.2, 0.25) is 10.0 Å². The second kappa shape index (κ2) is 10.5. The van der Waals surface area contributed by atoms with Gasteiger partial charge in [-0.15, -0.1) is 17.9 Å². The third-order valence-corrected chi connectivity index (χ3v) is 5.69. The third kappa shape index (κ3) is 5.12. The smallest absolute Gasteiger partial charge is 0.206 e. The first-order valence-electron chi connectivity index (χ1n) is 9.14. The summed E-state index contributed by atoms with van der Waals surface area (Å²) in [5, 5.41) is 7.67. The highest BCUT2D eigenvalue weighted by molar-refractivity contribution is 7.07. The van der Waals surface area contributed by atoms with E-state index >= 15 is 0 Å². The van der Waals surface area contributed by atoms with Crippen molar-refractivity contribution < 1.29 is 14.2 Å². The van der Waals surface area contributed by atoms with E-state index in [0.717, 1.165) is 16.8 Å². The first kappa shape index (κ1) is 22.9. The van der Waals surface area contributed by atoms with Crippen molar-refractivity contribution >= 4 is 40.8 Å². The van der Waals surface area contributed by atoms with E-state index in [2.05, 4.69) is 16.7 Å². The lowest BCUT2D eigenvalue weighted by molar-refractivity contribution is 0.324. The molecule has 9 heteroatoms. The van der Waals surface area contributed by atoms with Crippen molar-refractivity contribution in [3.63, 3.8) is 0 Å². The van der Waals surface area contributed by atoms with Gasteiger partial charge in [-0.1, -0.05) is 35.3 Å². The Kier molecular flexibility index (Phi) is 7.79. The summed E-state index contributed by atoms with van der Waals surface area (Å²) in [5.41, 5.74) is 2.36. The van der Waals surface area contributed by atoms with E-state index in [0.29, 0.717) is 38.6 Å². The van der Waals surface area contributed by atoms with Crippen LogP contribution in [0.5, 0.6) is 17.2 Å². The second-order valence-electron chi connectivity index (χ2n) is 6.17. The molecular formula is C22H21Cl2N3O3S. The van der Waals surface area contributed by atoms with Gasteiger partial charge in [-0.05, 0) is 24.3 Å². The molecule has 0 aliphatic carbocycles. The van der Waals surface area contributed by atoms with E-state index in [4.69, 9.17) is 37.4 Å². The van der Waals surface area contributed by atoms with Gasteiger partial charge in [0.1, 0.15) is 0 Å². The molecule has 1 aromatic heterocycles. The van der Waals surface area contributed by atoms with Crippen molar-refractivity contribution in [2.45, 2.75) is 0 Å². The maximum Gasteiger partial charge on any atom is 0.206 e. The molecule has 0 bridgehead atoms. The van der Waals surface area contributed by atoms with Gasteiger partial charge >= 0.3 is 0 Å². The summed E-state index contributed by atoms with van der Waals surface area (Å²) in [6.45, 7) is 4.20. The first-order chi connectivity index (χ1) is 15.0. The zero-order valence-electron chi connectivity index (χ0n) is 17.3. The number of aromatic nitrogens is 1. The molecule has 0 aliphatic heterocycles. The number of thiazole rings is 1. The third-order valence-electron chi connectivity index (χ3n) is 4.28. The summed E-state index contributed by atoms with van der Waals surface area (Å²) in [4.78, 5) is 5.25. The largest absolute Gasteiger partial charge is 0.493 e. The molecule has 0 saturated heterocycles. The zero-order chi connectivity index (χ0) is 22.4. The van der Waals surface area contributed by atoms with Crippen LogP contribution in [0.1, 0.15) is 5.56 Å². The summed E-state index contributed by atoms with van der Waals surface area (Å²) in [6.07, 6.45) is 3.39. The molecular weight excluding hydrogens is 457 g/mol. The summed E-state index contributed by atoms with van der Waals surface area (Å²) in [5.74, 6) is 1.61. The molecule has 6 nitrogen and oxygen atoms in total. The minimum absolute atomic E-state index is 0.465. The average molecular weight is 478 g/mol. The van der Waals surface area contributed by atoms with E-state index < -0.39 is 0 Å². The lowest BCUT2D eigenvalue weighted by Crippen LogP contribution is -2.12. The fourth-order valence-electron chi connectivity index (χ4n) is 2.82. The Morgan fingerprint density at radius 2 is 1.77 bits per heavy atom. The summed E-state index contributed by atoms with van der Waals surface area (Å²) in [7, 11) is 4.72. The number of hydrogen-bond acceptors (Lipinski definition) is 6. The standard InChI is InChI=1S/C22H21Cl2N3O3S/c1-5-8-25-22-27(26-12-14-6-7-16(23)11-17(14)24)18(13-31-22)15-9-19(28-2)21(30-4)20(10-15)29-3/h5-7,9-13H,1,8H2,2-4H3. The number of hydrogen-bond donors (Lipinski definition) is 0. The molecule has 3 aromatic rings. The van der Waals surface area contributed by atoms with Crippen LogP contribution in [-0.2, 0) is 0 Å². The lowest BCUT2D eigenvalue weighted by Gasteiger charge is -2.14. The van der Waals surface area contributed by atoms with E-state index in [-0.39, 0.29) is 0 Å². The summed E-state index contributed by atoms with van der Waals surface area (Å²) in [6, 6.07) is 8.97. The topological polar surface area (TPSA) is 57.3 Å². The van der Waals surface area contributed by atoms with Crippen molar-refractivity contribution in [2.24, 2.45) is 10.1 Å². The minimum Gasteiger partial charge on any atom is -0.493 e. The molecule has 3 rings (SSSR count). The van der Waals surface area contributed by atoms with Gasteiger partial charge in [0.25, 0.3) is 0 Å².